The van der Waals surface area contributed by atoms with Crippen molar-refractivity contribution >= 4 is 40.1 Å². The van der Waals surface area contributed by atoms with Gasteiger partial charge in [-0.2, -0.15) is 26.3 Å². The lowest BCUT2D eigenvalue weighted by Crippen LogP contribution is -2.43. The summed E-state index contributed by atoms with van der Waals surface area (Å²) in [6.45, 7) is 2.63. The van der Waals surface area contributed by atoms with Gasteiger partial charge in [0, 0.05) is 23.6 Å². The van der Waals surface area contributed by atoms with Gasteiger partial charge in [0.25, 0.3) is 0 Å². The molecule has 2 aromatic carbocycles. The molecule has 0 saturated heterocycles. The number of hydrogen-bond acceptors (Lipinski definition) is 2. The average molecular weight is 540 g/mol. The van der Waals surface area contributed by atoms with Crippen molar-refractivity contribution in [1.82, 2.24) is 4.57 Å². The Morgan fingerprint density at radius 2 is 1.60 bits per heavy atom. The Balaban J connectivity index is 2.21. The summed E-state index contributed by atoms with van der Waals surface area (Å²) < 4.78 is 88.8. The Bertz CT molecular complexity index is 1210. The van der Waals surface area contributed by atoms with E-state index in [1.807, 2.05) is 6.92 Å². The number of carbonyl (C=O) groups is 1. The maximum absolute atomic E-state index is 14.4. The molecule has 0 N–H and O–H groups in total. The van der Waals surface area contributed by atoms with Crippen LogP contribution >= 0.6 is 23.2 Å². The summed E-state index contributed by atoms with van der Waals surface area (Å²) in [6, 6.07) is 7.18. The van der Waals surface area contributed by atoms with Gasteiger partial charge in [-0.3, -0.25) is 4.79 Å². The topological polar surface area (TPSA) is 31.2 Å². The fourth-order valence-corrected chi connectivity index (χ4v) is 4.44. The van der Waals surface area contributed by atoms with Gasteiger partial charge in [-0.1, -0.05) is 61.2 Å². The van der Waals surface area contributed by atoms with Gasteiger partial charge in [-0.05, 0) is 31.5 Å². The summed E-state index contributed by atoms with van der Waals surface area (Å²) in [6.07, 6.45) is -7.07. The fraction of sp³-hybridized carbons (Fsp3) is 0.375. The number of rotatable bonds is 7. The van der Waals surface area contributed by atoms with Crippen molar-refractivity contribution in [3.63, 3.8) is 0 Å². The molecule has 0 aliphatic rings. The number of esters is 1. The number of hydrogen-bond donors (Lipinski definition) is 0. The summed E-state index contributed by atoms with van der Waals surface area (Å²) in [5, 5.41) is -0.759. The molecule has 190 valence electrons. The summed E-state index contributed by atoms with van der Waals surface area (Å²) in [4.78, 5) is 12.3. The smallest absolute Gasteiger partial charge is 0.432 e. The summed E-state index contributed by atoms with van der Waals surface area (Å²) in [7, 11) is 0. The minimum Gasteiger partial charge on any atom is -0.445 e. The van der Waals surface area contributed by atoms with Crippen LogP contribution in [0.2, 0.25) is 10.0 Å². The highest BCUT2D eigenvalue weighted by molar-refractivity contribution is 6.38. The molecule has 0 amide bonds. The molecule has 3 nitrogen and oxygen atoms in total. The van der Waals surface area contributed by atoms with Crippen LogP contribution in [0.4, 0.5) is 26.3 Å². The number of nitrogens with zero attached hydrogens (tertiary/aromatic N) is 1. The Morgan fingerprint density at radius 3 is 2.14 bits per heavy atom. The molecule has 0 aliphatic carbocycles. The van der Waals surface area contributed by atoms with E-state index in [1.165, 1.54) is 28.8 Å². The second kappa shape index (κ2) is 9.93. The molecule has 3 rings (SSSR count). The van der Waals surface area contributed by atoms with Crippen LogP contribution in [-0.4, -0.2) is 16.7 Å². The molecule has 35 heavy (non-hydrogen) atoms. The minimum atomic E-state index is -5.00. The molecule has 0 aliphatic heterocycles. The molecular weight excluding hydrogens is 519 g/mol. The van der Waals surface area contributed by atoms with E-state index in [4.69, 9.17) is 27.9 Å². The van der Waals surface area contributed by atoms with Gasteiger partial charge >= 0.3 is 18.3 Å². The predicted octanol–water partition coefficient (Wildman–Crippen LogP) is 8.86. The predicted molar refractivity (Wildman–Crippen MR) is 122 cm³/mol. The van der Waals surface area contributed by atoms with E-state index < -0.39 is 45.1 Å². The molecule has 0 fully saturated rings. The maximum atomic E-state index is 14.4. The third-order valence-electron chi connectivity index (χ3n) is 5.65. The highest BCUT2D eigenvalue weighted by Crippen LogP contribution is 2.47. The zero-order valence-corrected chi connectivity index (χ0v) is 20.2. The SMILES string of the molecule is CCCCCC(=O)OC(C)(c1cn(-c2c(Cl)cc(C(F)(F)F)cc2Cl)c2ccccc12)C(F)(F)F. The first kappa shape index (κ1) is 27.2. The van der Waals surface area contributed by atoms with Gasteiger partial charge in [0.2, 0.25) is 5.60 Å². The van der Waals surface area contributed by atoms with Gasteiger partial charge in [-0.15, -0.1) is 0 Å². The van der Waals surface area contributed by atoms with Crippen LogP contribution in [-0.2, 0) is 21.3 Å². The zero-order valence-electron chi connectivity index (χ0n) is 18.7. The molecule has 3 aromatic rings. The first-order chi connectivity index (χ1) is 16.2. The van der Waals surface area contributed by atoms with E-state index in [0.29, 0.717) is 25.0 Å². The molecule has 0 bridgehead atoms. The number of unbranched alkanes of at least 4 members (excludes halogenated alkanes) is 2. The third-order valence-corrected chi connectivity index (χ3v) is 6.23. The Kier molecular flexibility index (Phi) is 7.72. The molecule has 1 unspecified atom stereocenters. The Hall–Kier alpha value is -2.39. The normalized spacial score (nSPS) is 14.2. The number of para-hydroxylation sites is 1. The molecular formula is C24H21Cl2F6NO2. The van der Waals surface area contributed by atoms with E-state index in [-0.39, 0.29) is 23.0 Å². The monoisotopic (exact) mass is 539 g/mol. The van der Waals surface area contributed by atoms with Crippen molar-refractivity contribution < 1.29 is 35.9 Å². The number of carbonyl (C=O) groups excluding carboxylic acids is 1. The minimum absolute atomic E-state index is 0.0701. The van der Waals surface area contributed by atoms with Crippen LogP contribution in [0.15, 0.2) is 42.6 Å². The van der Waals surface area contributed by atoms with E-state index in [9.17, 15) is 31.1 Å². The van der Waals surface area contributed by atoms with E-state index in [0.717, 1.165) is 19.5 Å². The van der Waals surface area contributed by atoms with Gasteiger partial charge in [0.1, 0.15) is 0 Å². The van der Waals surface area contributed by atoms with E-state index >= 15 is 0 Å². The second-order valence-corrected chi connectivity index (χ2v) is 8.99. The standard InChI is InChI=1S/C24H21Cl2F6NO2/c1-3-4-5-10-20(34)35-22(2,24(30,31)32)16-13-33(19-9-7-6-8-15(16)19)21-17(25)11-14(12-18(21)26)23(27,28)29/h6-9,11-13H,3-5,10H2,1-2H3. The molecule has 0 radical (unpaired) electrons. The van der Waals surface area contributed by atoms with E-state index in [1.54, 1.807) is 0 Å². The fourth-order valence-electron chi connectivity index (χ4n) is 3.77. The largest absolute Gasteiger partial charge is 0.445 e. The number of fused-ring (bicyclic) bond motifs is 1. The van der Waals surface area contributed by atoms with Crippen LogP contribution in [0.3, 0.4) is 0 Å². The van der Waals surface area contributed by atoms with Crippen molar-refractivity contribution in [3.05, 3.63) is 63.8 Å². The molecule has 11 heteroatoms. The first-order valence-electron chi connectivity index (χ1n) is 10.7. The number of ether oxygens (including phenoxy) is 1. The van der Waals surface area contributed by atoms with Crippen LogP contribution in [0, 0.1) is 0 Å². The Labute approximate surface area is 207 Å². The highest BCUT2D eigenvalue weighted by atomic mass is 35.5. The number of alkyl halides is 6. The molecule has 1 atom stereocenters. The van der Waals surface area contributed by atoms with Gasteiger partial charge in [0.15, 0.2) is 0 Å². The van der Waals surface area contributed by atoms with Crippen molar-refractivity contribution in [2.24, 2.45) is 0 Å². The number of benzene rings is 2. The average Bonchev–Trinajstić information content (AvgIpc) is 3.12. The molecule has 1 aromatic heterocycles. The number of aromatic nitrogens is 1. The van der Waals surface area contributed by atoms with E-state index in [2.05, 4.69) is 0 Å². The lowest BCUT2D eigenvalue weighted by atomic mass is 9.94. The van der Waals surface area contributed by atoms with Crippen molar-refractivity contribution in [1.29, 1.82) is 0 Å². The Morgan fingerprint density at radius 1 is 1.00 bits per heavy atom. The van der Waals surface area contributed by atoms with Gasteiger partial charge in [-0.25, -0.2) is 0 Å². The first-order valence-corrected chi connectivity index (χ1v) is 11.4. The van der Waals surface area contributed by atoms with Gasteiger partial charge < -0.3 is 9.30 Å². The molecule has 0 spiro atoms. The van der Waals surface area contributed by atoms with Crippen LogP contribution in [0.5, 0.6) is 0 Å². The third kappa shape index (κ3) is 5.40. The summed E-state index contributed by atoms with van der Waals surface area (Å²) in [5.41, 5.74) is -4.50. The van der Waals surface area contributed by atoms with Crippen LogP contribution in [0.25, 0.3) is 16.6 Å². The lowest BCUT2D eigenvalue weighted by molar-refractivity contribution is -0.269. The summed E-state index contributed by atoms with van der Waals surface area (Å²) >= 11 is 12.3. The summed E-state index contributed by atoms with van der Waals surface area (Å²) in [5.74, 6) is -1.01. The lowest BCUT2D eigenvalue weighted by Gasteiger charge is -2.31. The second-order valence-electron chi connectivity index (χ2n) is 8.18. The highest BCUT2D eigenvalue weighted by Gasteiger charge is 2.57. The van der Waals surface area contributed by atoms with Crippen molar-refractivity contribution in [2.75, 3.05) is 0 Å². The molecule has 0 saturated carbocycles. The maximum Gasteiger partial charge on any atom is 0.432 e. The molecule has 1 heterocycles. The van der Waals surface area contributed by atoms with Gasteiger partial charge in [0.05, 0.1) is 26.8 Å². The van der Waals surface area contributed by atoms with Crippen LogP contribution in [0.1, 0.15) is 50.7 Å². The quantitative estimate of drug-likeness (QED) is 0.170. The number of halogens is 8. The van der Waals surface area contributed by atoms with Crippen molar-refractivity contribution in [3.8, 4) is 5.69 Å². The van der Waals surface area contributed by atoms with Crippen molar-refractivity contribution in [2.45, 2.75) is 57.5 Å². The van der Waals surface area contributed by atoms with Crippen LogP contribution < -0.4 is 0 Å². The zero-order chi connectivity index (χ0) is 26.2.